The highest BCUT2D eigenvalue weighted by Gasteiger charge is 2.11. The highest BCUT2D eigenvalue weighted by molar-refractivity contribution is 5.76. The minimum absolute atomic E-state index is 0.397. The number of rotatable bonds is 28. The van der Waals surface area contributed by atoms with Crippen LogP contribution < -0.4 is 0 Å². The van der Waals surface area contributed by atoms with Gasteiger partial charge in [-0.2, -0.15) is 0 Å². The summed E-state index contributed by atoms with van der Waals surface area (Å²) in [6.07, 6.45) is 34.8. The molecule has 2 heteroatoms. The molecule has 0 fully saturated rings. The molecule has 0 spiro atoms. The Bertz CT molecular complexity index is 366. The topological polar surface area (TPSA) is 20.3 Å². The van der Waals surface area contributed by atoms with Crippen molar-refractivity contribution in [2.24, 2.45) is 0 Å². The van der Waals surface area contributed by atoms with Gasteiger partial charge in [0.05, 0.1) is 0 Å². The number of hydrogen-bond acceptors (Lipinski definition) is 1. The average molecular weight is 480 g/mol. The fraction of sp³-hybridized carbons (Fsp3) is 0.969. The van der Waals surface area contributed by atoms with Gasteiger partial charge in [-0.25, -0.2) is 0 Å². The molecule has 0 rings (SSSR count). The molecule has 0 saturated heterocycles. The molecule has 0 aliphatic carbocycles. The van der Waals surface area contributed by atoms with Gasteiger partial charge in [-0.1, -0.05) is 162 Å². The van der Waals surface area contributed by atoms with E-state index in [1.54, 1.807) is 0 Å². The van der Waals surface area contributed by atoms with E-state index in [2.05, 4.69) is 25.7 Å². The van der Waals surface area contributed by atoms with Crippen LogP contribution in [0.4, 0.5) is 0 Å². The fourth-order valence-electron chi connectivity index (χ4n) is 5.02. The second kappa shape index (κ2) is 28.7. The predicted octanol–water partition coefficient (Wildman–Crippen LogP) is 11.0. The van der Waals surface area contributed by atoms with Gasteiger partial charge >= 0.3 is 0 Å². The lowest BCUT2D eigenvalue weighted by Crippen LogP contribution is -2.32. The summed E-state index contributed by atoms with van der Waals surface area (Å²) in [5.74, 6) is 0.397. The van der Waals surface area contributed by atoms with Gasteiger partial charge in [-0.3, -0.25) is 4.79 Å². The SMILES string of the molecule is CCCCCCCCCCCCCCN(CCCCCCCCCCCCCC)C(=O)CCC. The number of nitrogens with zero attached hydrogens (tertiary/aromatic N) is 1. The molecule has 34 heavy (non-hydrogen) atoms. The molecule has 0 radical (unpaired) electrons. The van der Waals surface area contributed by atoms with Gasteiger partial charge in [0.15, 0.2) is 0 Å². The standard InChI is InChI=1S/C32H65NO/c1-4-7-9-11-13-15-17-19-21-23-25-27-30-33(32(34)29-6-3)31-28-26-24-22-20-18-16-14-12-10-8-5-2/h4-31H2,1-3H3. The molecule has 0 aromatic rings. The minimum Gasteiger partial charge on any atom is -0.343 e. The van der Waals surface area contributed by atoms with E-state index >= 15 is 0 Å². The summed E-state index contributed by atoms with van der Waals surface area (Å²) in [6.45, 7) is 8.70. The van der Waals surface area contributed by atoms with Crippen LogP contribution >= 0.6 is 0 Å². The van der Waals surface area contributed by atoms with Crippen LogP contribution in [0.25, 0.3) is 0 Å². The van der Waals surface area contributed by atoms with Crippen LogP contribution in [-0.2, 0) is 4.79 Å². The lowest BCUT2D eigenvalue weighted by molar-refractivity contribution is -0.131. The molecule has 0 bridgehead atoms. The molecule has 0 aromatic carbocycles. The van der Waals surface area contributed by atoms with Gasteiger partial charge in [0, 0.05) is 19.5 Å². The first-order valence-electron chi connectivity index (χ1n) is 16.0. The maximum atomic E-state index is 12.5. The molecule has 204 valence electrons. The van der Waals surface area contributed by atoms with Crippen LogP contribution in [0.15, 0.2) is 0 Å². The van der Waals surface area contributed by atoms with Crippen molar-refractivity contribution >= 4 is 5.91 Å². The summed E-state index contributed by atoms with van der Waals surface area (Å²) in [5, 5.41) is 0. The van der Waals surface area contributed by atoms with Gasteiger partial charge in [0.25, 0.3) is 0 Å². The van der Waals surface area contributed by atoms with Crippen molar-refractivity contribution in [3.05, 3.63) is 0 Å². The molecular formula is C32H65NO. The van der Waals surface area contributed by atoms with E-state index in [-0.39, 0.29) is 0 Å². The van der Waals surface area contributed by atoms with Crippen molar-refractivity contribution in [3.8, 4) is 0 Å². The Balaban J connectivity index is 3.65. The molecule has 0 saturated carbocycles. The molecule has 0 aliphatic heterocycles. The molecule has 1 amide bonds. The Labute approximate surface area is 216 Å². The summed E-state index contributed by atoms with van der Waals surface area (Å²) < 4.78 is 0. The molecule has 0 unspecified atom stereocenters. The van der Waals surface area contributed by atoms with Gasteiger partial charge in [0.1, 0.15) is 0 Å². The summed E-state index contributed by atoms with van der Waals surface area (Å²) >= 11 is 0. The van der Waals surface area contributed by atoms with Crippen molar-refractivity contribution < 1.29 is 4.79 Å². The molecular weight excluding hydrogens is 414 g/mol. The minimum atomic E-state index is 0.397. The second-order valence-electron chi connectivity index (χ2n) is 10.9. The van der Waals surface area contributed by atoms with Crippen molar-refractivity contribution in [1.82, 2.24) is 4.90 Å². The average Bonchev–Trinajstić information content (AvgIpc) is 2.84. The number of unbranched alkanes of at least 4 members (excludes halogenated alkanes) is 22. The van der Waals surface area contributed by atoms with E-state index in [9.17, 15) is 4.79 Å². The van der Waals surface area contributed by atoms with Crippen molar-refractivity contribution in [2.45, 2.75) is 188 Å². The van der Waals surface area contributed by atoms with E-state index in [1.165, 1.54) is 154 Å². The Morgan fingerprint density at radius 3 is 0.912 bits per heavy atom. The first kappa shape index (κ1) is 33.5. The lowest BCUT2D eigenvalue weighted by atomic mass is 10.0. The fourth-order valence-corrected chi connectivity index (χ4v) is 5.02. The molecule has 0 heterocycles. The van der Waals surface area contributed by atoms with Crippen LogP contribution in [0.3, 0.4) is 0 Å². The largest absolute Gasteiger partial charge is 0.343 e. The summed E-state index contributed by atoms with van der Waals surface area (Å²) in [6, 6.07) is 0. The highest BCUT2D eigenvalue weighted by atomic mass is 16.2. The Kier molecular flexibility index (Phi) is 28.3. The summed E-state index contributed by atoms with van der Waals surface area (Å²) in [4.78, 5) is 14.7. The van der Waals surface area contributed by atoms with E-state index < -0.39 is 0 Å². The third kappa shape index (κ3) is 24.6. The van der Waals surface area contributed by atoms with Crippen LogP contribution in [0.1, 0.15) is 188 Å². The molecule has 0 atom stereocenters. The Morgan fingerprint density at radius 2 is 0.647 bits per heavy atom. The zero-order chi connectivity index (χ0) is 25.0. The maximum Gasteiger partial charge on any atom is 0.222 e. The quantitative estimate of drug-likeness (QED) is 0.102. The molecule has 0 aliphatic rings. The molecule has 2 nitrogen and oxygen atoms in total. The smallest absolute Gasteiger partial charge is 0.222 e. The predicted molar refractivity (Wildman–Crippen MR) is 154 cm³/mol. The maximum absolute atomic E-state index is 12.5. The van der Waals surface area contributed by atoms with Gasteiger partial charge in [-0.05, 0) is 19.3 Å². The van der Waals surface area contributed by atoms with Crippen LogP contribution in [0, 0.1) is 0 Å². The van der Waals surface area contributed by atoms with E-state index in [0.717, 1.165) is 25.9 Å². The van der Waals surface area contributed by atoms with Crippen molar-refractivity contribution in [2.75, 3.05) is 13.1 Å². The van der Waals surface area contributed by atoms with E-state index in [0.29, 0.717) is 5.91 Å². The molecule has 0 aromatic heterocycles. The van der Waals surface area contributed by atoms with Crippen LogP contribution in [0.5, 0.6) is 0 Å². The monoisotopic (exact) mass is 480 g/mol. The first-order valence-corrected chi connectivity index (χ1v) is 16.0. The normalized spacial score (nSPS) is 11.3. The lowest BCUT2D eigenvalue weighted by Gasteiger charge is -2.22. The van der Waals surface area contributed by atoms with E-state index in [4.69, 9.17) is 0 Å². The highest BCUT2D eigenvalue weighted by Crippen LogP contribution is 2.14. The van der Waals surface area contributed by atoms with Gasteiger partial charge < -0.3 is 4.90 Å². The van der Waals surface area contributed by atoms with Crippen LogP contribution in [-0.4, -0.2) is 23.9 Å². The summed E-state index contributed by atoms with van der Waals surface area (Å²) in [5.41, 5.74) is 0. The number of carbonyl (C=O) groups excluding carboxylic acids is 1. The van der Waals surface area contributed by atoms with Crippen molar-refractivity contribution in [1.29, 1.82) is 0 Å². The Morgan fingerprint density at radius 1 is 0.382 bits per heavy atom. The number of hydrogen-bond donors (Lipinski definition) is 0. The van der Waals surface area contributed by atoms with Gasteiger partial charge in [-0.15, -0.1) is 0 Å². The zero-order valence-corrected chi connectivity index (χ0v) is 24.2. The van der Waals surface area contributed by atoms with Crippen molar-refractivity contribution in [3.63, 3.8) is 0 Å². The van der Waals surface area contributed by atoms with E-state index in [1.807, 2.05) is 0 Å². The first-order chi connectivity index (χ1) is 16.8. The second-order valence-corrected chi connectivity index (χ2v) is 10.9. The number of carbonyl (C=O) groups is 1. The summed E-state index contributed by atoms with van der Waals surface area (Å²) in [7, 11) is 0. The van der Waals surface area contributed by atoms with Gasteiger partial charge in [0.2, 0.25) is 5.91 Å². The Hall–Kier alpha value is -0.530. The van der Waals surface area contributed by atoms with Crippen LogP contribution in [0.2, 0.25) is 0 Å². The zero-order valence-electron chi connectivity index (χ0n) is 24.2. The molecule has 0 N–H and O–H groups in total. The number of amides is 1. The third-order valence-electron chi connectivity index (χ3n) is 7.38. The third-order valence-corrected chi connectivity index (χ3v) is 7.38.